The maximum Gasteiger partial charge on any atom is 0.0406 e. The van der Waals surface area contributed by atoms with Gasteiger partial charge in [-0.3, -0.25) is 0 Å². The number of hydrogen-bond acceptors (Lipinski definition) is 0. The Morgan fingerprint density at radius 2 is 1.13 bits per heavy atom. The molecule has 0 heterocycles. The summed E-state index contributed by atoms with van der Waals surface area (Å²) in [5, 5.41) is 1.43. The molecule has 0 fully saturated rings. The molecule has 23 heavy (non-hydrogen) atoms. The fourth-order valence-corrected chi connectivity index (χ4v) is 2.14. The van der Waals surface area contributed by atoms with Gasteiger partial charge in [-0.05, 0) is 53.3 Å². The van der Waals surface area contributed by atoms with Gasteiger partial charge in [0.25, 0.3) is 0 Å². The van der Waals surface area contributed by atoms with E-state index in [0.29, 0.717) is 0 Å². The lowest BCUT2D eigenvalue weighted by molar-refractivity contribution is 0.505. The van der Waals surface area contributed by atoms with Crippen molar-refractivity contribution in [1.29, 1.82) is 0 Å². The number of rotatable bonds is 2. The first-order valence-corrected chi connectivity index (χ1v) is 8.28. The Morgan fingerprint density at radius 1 is 0.739 bits per heavy atom. The van der Waals surface area contributed by atoms with Gasteiger partial charge in [0.2, 0.25) is 0 Å². The highest BCUT2D eigenvalue weighted by molar-refractivity contribution is 6.31. The molecule has 0 amide bonds. The smallest absolute Gasteiger partial charge is 0.0406 e. The first kappa shape index (κ1) is 17.7. The summed E-state index contributed by atoms with van der Waals surface area (Å²) in [5.41, 5.74) is 10.9. The molecule has 0 aliphatic carbocycles. The van der Waals surface area contributed by atoms with Crippen LogP contribution in [-0.4, -0.2) is 0 Å². The van der Waals surface area contributed by atoms with Gasteiger partial charge in [0.15, 0.2) is 0 Å². The predicted octanol–water partition coefficient (Wildman–Crippen LogP) is 7.17. The number of benzene rings is 2. The van der Waals surface area contributed by atoms with Crippen LogP contribution in [0.2, 0.25) is 10.0 Å². The second-order valence-corrected chi connectivity index (χ2v) is 7.39. The highest BCUT2D eigenvalue weighted by atomic mass is 35.5. The number of allylic oxidation sites excluding steroid dienone is 1. The summed E-state index contributed by atoms with van der Waals surface area (Å²) >= 11 is 12.0. The van der Waals surface area contributed by atoms with Crippen LogP contribution in [0.5, 0.6) is 0 Å². The van der Waals surface area contributed by atoms with Gasteiger partial charge in [0.1, 0.15) is 0 Å². The zero-order chi connectivity index (χ0) is 17.0. The first-order chi connectivity index (χ1) is 10.8. The average molecular weight is 343 g/mol. The molecule has 0 radical (unpaired) electrons. The van der Waals surface area contributed by atoms with Crippen molar-refractivity contribution in [3.8, 4) is 0 Å². The topological polar surface area (TPSA) is 0 Å². The fourth-order valence-electron chi connectivity index (χ4n) is 1.89. The lowest BCUT2D eigenvalue weighted by Gasteiger charge is -2.16. The second kappa shape index (κ2) is 7.26. The van der Waals surface area contributed by atoms with Crippen LogP contribution in [0.3, 0.4) is 0 Å². The van der Waals surface area contributed by atoms with Gasteiger partial charge in [0, 0.05) is 15.6 Å². The van der Waals surface area contributed by atoms with Crippen molar-refractivity contribution in [2.45, 2.75) is 27.7 Å². The Labute approximate surface area is 148 Å². The molecule has 0 bridgehead atoms. The third kappa shape index (κ3) is 4.90. The van der Waals surface area contributed by atoms with E-state index in [1.165, 1.54) is 0 Å². The Balaban J connectivity index is 2.68. The van der Waals surface area contributed by atoms with E-state index in [2.05, 4.69) is 39.2 Å². The number of hydrogen-bond donors (Lipinski definition) is 0. The second-order valence-electron chi connectivity index (χ2n) is 6.51. The van der Waals surface area contributed by atoms with Crippen molar-refractivity contribution in [2.24, 2.45) is 5.41 Å². The molecule has 118 valence electrons. The van der Waals surface area contributed by atoms with E-state index >= 15 is 0 Å². The zero-order valence-electron chi connectivity index (χ0n) is 13.9. The maximum absolute atomic E-state index is 6.00. The van der Waals surface area contributed by atoms with Crippen molar-refractivity contribution in [1.82, 2.24) is 0 Å². The molecular weight excluding hydrogens is 323 g/mol. The van der Waals surface area contributed by atoms with Crippen molar-refractivity contribution in [2.75, 3.05) is 0 Å². The normalized spacial score (nSPS) is 10.7. The summed E-state index contributed by atoms with van der Waals surface area (Å²) in [7, 11) is 0. The van der Waals surface area contributed by atoms with Crippen LogP contribution in [0.15, 0.2) is 65.6 Å². The standard InChI is InChI=1S/C21H20Cl2/c1-15(21(2,3)4)5-14-20(16-6-10-18(22)11-7-16)17-8-12-19(23)13-9-17/h6-13H,1-4H3. The van der Waals surface area contributed by atoms with Crippen molar-refractivity contribution < 1.29 is 0 Å². The molecule has 0 aliphatic rings. The van der Waals surface area contributed by atoms with Gasteiger partial charge >= 0.3 is 0 Å². The number of halogens is 2. The lowest BCUT2D eigenvalue weighted by atomic mass is 9.88. The Hall–Kier alpha value is -1.68. The Kier molecular flexibility index (Phi) is 5.58. The van der Waals surface area contributed by atoms with Crippen molar-refractivity contribution >= 4 is 28.8 Å². The molecule has 0 nitrogen and oxygen atoms in total. The van der Waals surface area contributed by atoms with Crippen LogP contribution in [0.1, 0.15) is 38.8 Å². The third-order valence-corrected chi connectivity index (χ3v) is 4.27. The molecule has 0 aliphatic heterocycles. The van der Waals surface area contributed by atoms with Gasteiger partial charge in [-0.2, -0.15) is 0 Å². The highest BCUT2D eigenvalue weighted by Gasteiger charge is 2.11. The van der Waals surface area contributed by atoms with Gasteiger partial charge in [-0.1, -0.05) is 79.7 Å². The Morgan fingerprint density at radius 3 is 1.48 bits per heavy atom. The summed E-state index contributed by atoms with van der Waals surface area (Å²) in [6, 6.07) is 15.5. The summed E-state index contributed by atoms with van der Waals surface area (Å²) < 4.78 is 0. The molecule has 2 rings (SSSR count). The van der Waals surface area contributed by atoms with Crippen LogP contribution >= 0.6 is 23.2 Å². The van der Waals surface area contributed by atoms with E-state index in [1.807, 2.05) is 48.5 Å². The van der Waals surface area contributed by atoms with Crippen molar-refractivity contribution in [3.63, 3.8) is 0 Å². The molecule has 2 heteroatoms. The molecule has 0 N–H and O–H groups in total. The van der Waals surface area contributed by atoms with E-state index in [9.17, 15) is 0 Å². The largest absolute Gasteiger partial charge is 0.0843 e. The van der Waals surface area contributed by atoms with Gasteiger partial charge in [-0.25, -0.2) is 0 Å². The summed E-state index contributed by atoms with van der Waals surface area (Å²) in [6.07, 6.45) is 0. The molecule has 2 aromatic rings. The van der Waals surface area contributed by atoms with Crippen molar-refractivity contribution in [3.05, 3.63) is 86.7 Å². The van der Waals surface area contributed by atoms with Crippen LogP contribution in [0.4, 0.5) is 0 Å². The molecule has 0 saturated carbocycles. The molecule has 0 saturated heterocycles. The zero-order valence-corrected chi connectivity index (χ0v) is 15.4. The molecular formula is C21H20Cl2. The Bertz CT molecular complexity index is 728. The van der Waals surface area contributed by atoms with E-state index in [4.69, 9.17) is 23.2 Å². The van der Waals surface area contributed by atoms with Crippen LogP contribution in [-0.2, 0) is 0 Å². The molecule has 0 unspecified atom stereocenters. The predicted molar refractivity (Wildman–Crippen MR) is 101 cm³/mol. The minimum absolute atomic E-state index is 0.0676. The maximum atomic E-state index is 6.00. The van der Waals surface area contributed by atoms with E-state index in [1.54, 1.807) is 0 Å². The molecule has 0 atom stereocenters. The minimum Gasteiger partial charge on any atom is -0.0843 e. The fraction of sp³-hybridized carbons (Fsp3) is 0.238. The van der Waals surface area contributed by atoms with E-state index < -0.39 is 0 Å². The monoisotopic (exact) mass is 342 g/mol. The van der Waals surface area contributed by atoms with Gasteiger partial charge in [0.05, 0.1) is 0 Å². The van der Waals surface area contributed by atoms with Crippen LogP contribution in [0.25, 0.3) is 5.57 Å². The molecule has 0 aromatic heterocycles. The van der Waals surface area contributed by atoms with E-state index in [0.717, 1.165) is 32.3 Å². The third-order valence-electron chi connectivity index (χ3n) is 3.77. The van der Waals surface area contributed by atoms with Gasteiger partial charge in [-0.15, -0.1) is 0 Å². The highest BCUT2D eigenvalue weighted by Crippen LogP contribution is 2.26. The quantitative estimate of drug-likeness (QED) is 0.507. The summed E-state index contributed by atoms with van der Waals surface area (Å²) in [5.74, 6) is 0. The lowest BCUT2D eigenvalue weighted by Crippen LogP contribution is -2.04. The molecule has 2 aromatic carbocycles. The van der Waals surface area contributed by atoms with E-state index in [-0.39, 0.29) is 5.41 Å². The van der Waals surface area contributed by atoms with Gasteiger partial charge < -0.3 is 0 Å². The average Bonchev–Trinajstić information content (AvgIpc) is 2.49. The first-order valence-electron chi connectivity index (χ1n) is 7.52. The minimum atomic E-state index is 0.0676. The molecule has 0 spiro atoms. The SMILES string of the molecule is CC(=C=C=C(c1ccc(Cl)cc1)c1ccc(Cl)cc1)C(C)(C)C. The summed E-state index contributed by atoms with van der Waals surface area (Å²) in [4.78, 5) is 0. The van der Waals surface area contributed by atoms with Crippen LogP contribution in [0, 0.1) is 5.41 Å². The summed E-state index contributed by atoms with van der Waals surface area (Å²) in [6.45, 7) is 8.58. The van der Waals surface area contributed by atoms with Crippen LogP contribution < -0.4 is 0 Å².